The van der Waals surface area contributed by atoms with Gasteiger partial charge in [0.2, 0.25) is 0 Å². The van der Waals surface area contributed by atoms with Crippen molar-refractivity contribution in [1.29, 1.82) is 0 Å². The normalized spacial score (nSPS) is 13.4. The van der Waals surface area contributed by atoms with Gasteiger partial charge in [-0.1, -0.05) is 24.3 Å². The number of nitrogens with one attached hydrogen (secondary N) is 2. The maximum Gasteiger partial charge on any atom is 0.315 e. The van der Waals surface area contributed by atoms with Crippen LogP contribution in [-0.4, -0.2) is 36.5 Å². The van der Waals surface area contributed by atoms with Crippen molar-refractivity contribution in [2.45, 2.75) is 25.8 Å². The summed E-state index contributed by atoms with van der Waals surface area (Å²) in [4.78, 5) is 26.0. The molecule has 1 saturated heterocycles. The van der Waals surface area contributed by atoms with Crippen LogP contribution in [0.2, 0.25) is 0 Å². The van der Waals surface area contributed by atoms with Gasteiger partial charge in [0.1, 0.15) is 5.82 Å². The lowest BCUT2D eigenvalue weighted by Gasteiger charge is -2.15. The maximum absolute atomic E-state index is 12.8. The highest BCUT2D eigenvalue weighted by Gasteiger charge is 2.19. The van der Waals surface area contributed by atoms with E-state index in [-0.39, 0.29) is 17.8 Å². The fourth-order valence-electron chi connectivity index (χ4n) is 3.08. The van der Waals surface area contributed by atoms with Crippen molar-refractivity contribution < 1.29 is 14.0 Å². The number of hydrogen-bond donors (Lipinski definition) is 2. The number of amides is 3. The van der Waals surface area contributed by atoms with Gasteiger partial charge in [-0.25, -0.2) is 9.18 Å². The van der Waals surface area contributed by atoms with Gasteiger partial charge in [0.05, 0.1) is 0 Å². The first-order valence-corrected chi connectivity index (χ1v) is 9.26. The van der Waals surface area contributed by atoms with E-state index in [9.17, 15) is 14.0 Å². The summed E-state index contributed by atoms with van der Waals surface area (Å²) >= 11 is 0. The van der Waals surface area contributed by atoms with Gasteiger partial charge in [-0.15, -0.1) is 0 Å². The monoisotopic (exact) mass is 369 g/mol. The summed E-state index contributed by atoms with van der Waals surface area (Å²) in [6.45, 7) is 2.53. The Morgan fingerprint density at radius 3 is 2.19 bits per heavy atom. The van der Waals surface area contributed by atoms with Crippen LogP contribution in [0.5, 0.6) is 0 Å². The molecule has 1 aliphatic heterocycles. The number of carbonyl (C=O) groups excluding carboxylic acids is 2. The Morgan fingerprint density at radius 2 is 1.52 bits per heavy atom. The van der Waals surface area contributed by atoms with E-state index in [1.807, 2.05) is 29.2 Å². The summed E-state index contributed by atoms with van der Waals surface area (Å²) in [5.74, 6) is -0.192. The first-order chi connectivity index (χ1) is 13.1. The molecule has 5 nitrogen and oxygen atoms in total. The molecule has 27 heavy (non-hydrogen) atoms. The van der Waals surface area contributed by atoms with Crippen LogP contribution >= 0.6 is 0 Å². The number of likely N-dealkylation sites (tertiary alicyclic amines) is 1. The minimum Gasteiger partial charge on any atom is -0.339 e. The highest BCUT2D eigenvalue weighted by atomic mass is 19.1. The van der Waals surface area contributed by atoms with Crippen molar-refractivity contribution in [3.63, 3.8) is 0 Å². The molecule has 1 heterocycles. The zero-order valence-electron chi connectivity index (χ0n) is 15.2. The lowest BCUT2D eigenvalue weighted by molar-refractivity contribution is 0.0793. The molecule has 0 saturated carbocycles. The Morgan fingerprint density at radius 1 is 0.889 bits per heavy atom. The minimum absolute atomic E-state index is 0.0746. The van der Waals surface area contributed by atoms with Gasteiger partial charge in [-0.3, -0.25) is 4.79 Å². The van der Waals surface area contributed by atoms with Gasteiger partial charge >= 0.3 is 6.03 Å². The average Bonchev–Trinajstić information content (AvgIpc) is 3.22. The molecule has 0 atom stereocenters. The summed E-state index contributed by atoms with van der Waals surface area (Å²) in [5, 5.41) is 5.57. The van der Waals surface area contributed by atoms with Crippen molar-refractivity contribution in [2.24, 2.45) is 0 Å². The first-order valence-electron chi connectivity index (χ1n) is 9.26. The lowest BCUT2D eigenvalue weighted by Crippen LogP contribution is -2.36. The SMILES string of the molecule is O=C(NCCc1ccc(F)cc1)NCc1ccc(C(=O)N2CCCC2)cc1. The number of hydrogen-bond acceptors (Lipinski definition) is 2. The van der Waals surface area contributed by atoms with E-state index in [0.717, 1.165) is 37.1 Å². The van der Waals surface area contributed by atoms with E-state index in [2.05, 4.69) is 10.6 Å². The Hall–Kier alpha value is -2.89. The van der Waals surface area contributed by atoms with Gasteiger partial charge in [0.25, 0.3) is 5.91 Å². The fraction of sp³-hybridized carbons (Fsp3) is 0.333. The van der Waals surface area contributed by atoms with E-state index in [0.29, 0.717) is 25.1 Å². The lowest BCUT2D eigenvalue weighted by atomic mass is 10.1. The molecule has 2 aromatic carbocycles. The zero-order valence-corrected chi connectivity index (χ0v) is 15.2. The van der Waals surface area contributed by atoms with Crippen molar-refractivity contribution >= 4 is 11.9 Å². The van der Waals surface area contributed by atoms with Crippen LogP contribution < -0.4 is 10.6 Å². The van der Waals surface area contributed by atoms with Gasteiger partial charge in [-0.2, -0.15) is 0 Å². The Kier molecular flexibility index (Phi) is 6.41. The Bertz CT molecular complexity index is 769. The molecule has 0 bridgehead atoms. The van der Waals surface area contributed by atoms with E-state index in [4.69, 9.17) is 0 Å². The van der Waals surface area contributed by atoms with Gasteiger partial charge < -0.3 is 15.5 Å². The van der Waals surface area contributed by atoms with E-state index < -0.39 is 0 Å². The highest BCUT2D eigenvalue weighted by Crippen LogP contribution is 2.13. The first kappa shape index (κ1) is 18.9. The second-order valence-corrected chi connectivity index (χ2v) is 6.68. The van der Waals surface area contributed by atoms with Crippen LogP contribution in [0.1, 0.15) is 34.3 Å². The van der Waals surface area contributed by atoms with Gasteiger partial charge in [-0.05, 0) is 54.7 Å². The number of nitrogens with zero attached hydrogens (tertiary/aromatic N) is 1. The molecule has 0 aliphatic carbocycles. The Balaban J connectivity index is 1.39. The molecular weight excluding hydrogens is 345 g/mol. The molecule has 1 aliphatic rings. The van der Waals surface area contributed by atoms with Crippen LogP contribution in [0.25, 0.3) is 0 Å². The van der Waals surface area contributed by atoms with E-state index in [1.54, 1.807) is 12.1 Å². The Labute approximate surface area is 158 Å². The molecule has 0 unspecified atom stereocenters. The summed E-state index contributed by atoms with van der Waals surface area (Å²) in [5.41, 5.74) is 2.58. The van der Waals surface area contributed by atoms with Crippen LogP contribution in [0.4, 0.5) is 9.18 Å². The quantitative estimate of drug-likeness (QED) is 0.822. The molecule has 3 rings (SSSR count). The van der Waals surface area contributed by atoms with E-state index >= 15 is 0 Å². The molecule has 2 aromatic rings. The zero-order chi connectivity index (χ0) is 19.1. The number of benzene rings is 2. The molecule has 0 radical (unpaired) electrons. The number of rotatable bonds is 6. The third-order valence-electron chi connectivity index (χ3n) is 4.66. The van der Waals surface area contributed by atoms with Crippen LogP contribution in [-0.2, 0) is 13.0 Å². The predicted molar refractivity (Wildman–Crippen MR) is 102 cm³/mol. The predicted octanol–water partition coefficient (Wildman–Crippen LogP) is 3.10. The average molecular weight is 369 g/mol. The minimum atomic E-state index is -0.266. The summed E-state index contributed by atoms with van der Waals surface area (Å²) in [6.07, 6.45) is 2.79. The molecule has 0 aromatic heterocycles. The van der Waals surface area contributed by atoms with Crippen molar-refractivity contribution in [1.82, 2.24) is 15.5 Å². The highest BCUT2D eigenvalue weighted by molar-refractivity contribution is 5.94. The fourth-order valence-corrected chi connectivity index (χ4v) is 3.08. The molecule has 0 spiro atoms. The van der Waals surface area contributed by atoms with Gasteiger partial charge in [0.15, 0.2) is 0 Å². The van der Waals surface area contributed by atoms with Crippen molar-refractivity contribution in [2.75, 3.05) is 19.6 Å². The second kappa shape index (κ2) is 9.16. The summed E-state index contributed by atoms with van der Waals surface area (Å²) < 4.78 is 12.8. The molecule has 6 heteroatoms. The summed E-state index contributed by atoms with van der Waals surface area (Å²) in [6, 6.07) is 13.3. The van der Waals surface area contributed by atoms with E-state index in [1.165, 1.54) is 12.1 Å². The largest absolute Gasteiger partial charge is 0.339 e. The number of halogens is 1. The van der Waals surface area contributed by atoms with Crippen LogP contribution in [0.3, 0.4) is 0 Å². The van der Waals surface area contributed by atoms with Crippen molar-refractivity contribution in [3.05, 3.63) is 71.0 Å². The number of urea groups is 1. The molecule has 2 N–H and O–H groups in total. The molecular formula is C21H24FN3O2. The number of carbonyl (C=O) groups is 2. The van der Waals surface area contributed by atoms with Crippen molar-refractivity contribution in [3.8, 4) is 0 Å². The molecule has 142 valence electrons. The van der Waals surface area contributed by atoms with Crippen LogP contribution in [0.15, 0.2) is 48.5 Å². The topological polar surface area (TPSA) is 61.4 Å². The standard InChI is InChI=1S/C21H24FN3O2/c22-19-9-5-16(6-10-19)11-12-23-21(27)24-15-17-3-7-18(8-4-17)20(26)25-13-1-2-14-25/h3-10H,1-2,11-15H2,(H2,23,24,27). The van der Waals surface area contributed by atoms with Gasteiger partial charge in [0, 0.05) is 31.7 Å². The second-order valence-electron chi connectivity index (χ2n) is 6.68. The maximum atomic E-state index is 12.8. The van der Waals surface area contributed by atoms with Crippen LogP contribution in [0, 0.1) is 5.82 Å². The smallest absolute Gasteiger partial charge is 0.315 e. The third-order valence-corrected chi connectivity index (χ3v) is 4.66. The summed E-state index contributed by atoms with van der Waals surface area (Å²) in [7, 11) is 0. The molecule has 3 amide bonds. The third kappa shape index (κ3) is 5.54. The molecule has 1 fully saturated rings.